The second-order valence-electron chi connectivity index (χ2n) is 7.53. The Kier molecular flexibility index (Phi) is 10.3. The van der Waals surface area contributed by atoms with Crippen molar-refractivity contribution in [3.8, 4) is 5.75 Å². The summed E-state index contributed by atoms with van der Waals surface area (Å²) in [7, 11) is 0. The molecule has 0 atom stereocenters. The summed E-state index contributed by atoms with van der Waals surface area (Å²) in [6.07, 6.45) is -0.626. The van der Waals surface area contributed by atoms with Gasteiger partial charge in [0.1, 0.15) is 11.3 Å². The molecule has 1 N–H and O–H groups in total. The van der Waals surface area contributed by atoms with Gasteiger partial charge in [-0.1, -0.05) is 33.1 Å². The molecule has 0 heterocycles. The Labute approximate surface area is 182 Å². The molecule has 0 radical (unpaired) electrons. The van der Waals surface area contributed by atoms with Crippen LogP contribution in [0.25, 0.3) is 0 Å². The Bertz CT molecular complexity index is 718. The fourth-order valence-corrected chi connectivity index (χ4v) is 3.76. The lowest BCUT2D eigenvalue weighted by Gasteiger charge is -2.35. The molecule has 0 bridgehead atoms. The van der Waals surface area contributed by atoms with E-state index in [9.17, 15) is 22.8 Å². The average Bonchev–Trinajstić information content (AvgIpc) is 2.71. The highest BCUT2D eigenvalue weighted by molar-refractivity contribution is 5.89. The van der Waals surface area contributed by atoms with E-state index in [1.54, 1.807) is 20.8 Å². The third kappa shape index (κ3) is 8.07. The summed E-state index contributed by atoms with van der Waals surface area (Å²) in [4.78, 5) is 25.2. The van der Waals surface area contributed by atoms with Crippen LogP contribution in [0.15, 0.2) is 12.1 Å². The highest BCUT2D eigenvalue weighted by atomic mass is 19.4. The second-order valence-corrected chi connectivity index (χ2v) is 7.53. The van der Waals surface area contributed by atoms with E-state index in [0.29, 0.717) is 29.5 Å². The van der Waals surface area contributed by atoms with Gasteiger partial charge in [-0.2, -0.15) is 13.2 Å². The highest BCUT2D eigenvalue weighted by Crippen LogP contribution is 2.30. The van der Waals surface area contributed by atoms with Gasteiger partial charge in [0.2, 0.25) is 5.91 Å². The van der Waals surface area contributed by atoms with Crippen LogP contribution in [0.3, 0.4) is 0 Å². The van der Waals surface area contributed by atoms with Gasteiger partial charge in [0.15, 0.2) is 6.61 Å². The van der Waals surface area contributed by atoms with E-state index in [1.807, 2.05) is 13.8 Å². The number of carbonyl (C=O) groups is 2. The van der Waals surface area contributed by atoms with Crippen LogP contribution in [-0.2, 0) is 20.7 Å². The van der Waals surface area contributed by atoms with E-state index in [-0.39, 0.29) is 24.7 Å². The topological polar surface area (TPSA) is 64.6 Å². The van der Waals surface area contributed by atoms with Crippen molar-refractivity contribution in [2.24, 2.45) is 0 Å². The summed E-state index contributed by atoms with van der Waals surface area (Å²) in [5, 5.41) is 2.89. The van der Waals surface area contributed by atoms with Gasteiger partial charge in [-0.05, 0) is 62.4 Å². The molecule has 176 valence electrons. The molecule has 1 aliphatic rings. The molecule has 0 aliphatic heterocycles. The maximum absolute atomic E-state index is 12.7. The van der Waals surface area contributed by atoms with Gasteiger partial charge in [-0.25, -0.2) is 4.79 Å². The second kappa shape index (κ2) is 12.0. The summed E-state index contributed by atoms with van der Waals surface area (Å²) in [6.45, 7) is 8.04. The van der Waals surface area contributed by atoms with Gasteiger partial charge in [0.05, 0.1) is 13.0 Å². The van der Waals surface area contributed by atoms with Crippen LogP contribution >= 0.6 is 0 Å². The van der Waals surface area contributed by atoms with Crippen LogP contribution in [0.2, 0.25) is 0 Å². The smallest absolute Gasteiger partial charge is 0.422 e. The maximum atomic E-state index is 12.7. The van der Waals surface area contributed by atoms with Crippen molar-refractivity contribution >= 4 is 11.9 Å². The van der Waals surface area contributed by atoms with Crippen molar-refractivity contribution in [1.82, 2.24) is 5.32 Å². The highest BCUT2D eigenvalue weighted by Gasteiger charge is 2.42. The number of nitrogens with one attached hydrogen (secondary N) is 1. The largest absolute Gasteiger partial charge is 0.484 e. The lowest BCUT2D eigenvalue weighted by Crippen LogP contribution is -2.56. The van der Waals surface area contributed by atoms with Crippen molar-refractivity contribution in [1.29, 1.82) is 0 Å². The summed E-state index contributed by atoms with van der Waals surface area (Å²) in [6, 6.07) is 2.98. The number of rotatable bonds is 7. The minimum Gasteiger partial charge on any atom is -0.484 e. The predicted molar refractivity (Wildman–Crippen MR) is 113 cm³/mol. The standard InChI is InChI=1S/C21H28F3NO4.C2H6/c1-4-28-19(27)20(8-6-5-7-9-20)25-18(26)12-17-14(2)10-16(11-15(17)3)29-13-21(22,23)24;1-2/h10-11H,4-9,12-13H2,1-3H3,(H,25,26);1-2H3. The number of alkyl halides is 3. The number of hydrogen-bond acceptors (Lipinski definition) is 4. The first-order valence-electron chi connectivity index (χ1n) is 10.8. The lowest BCUT2D eigenvalue weighted by molar-refractivity contribution is -0.155. The number of carbonyl (C=O) groups excluding carboxylic acids is 2. The molecule has 0 aromatic heterocycles. The molecule has 0 unspecified atom stereocenters. The van der Waals surface area contributed by atoms with Crippen molar-refractivity contribution in [2.45, 2.75) is 84.9 Å². The number of hydrogen-bond donors (Lipinski definition) is 1. The number of aryl methyl sites for hydroxylation is 2. The molecule has 31 heavy (non-hydrogen) atoms. The van der Waals surface area contributed by atoms with E-state index in [0.717, 1.165) is 19.3 Å². The predicted octanol–water partition coefficient (Wildman–Crippen LogP) is 5.20. The van der Waals surface area contributed by atoms with Crippen LogP contribution in [0, 0.1) is 13.8 Å². The fourth-order valence-electron chi connectivity index (χ4n) is 3.76. The molecule has 0 spiro atoms. The van der Waals surface area contributed by atoms with E-state index >= 15 is 0 Å². The van der Waals surface area contributed by atoms with E-state index < -0.39 is 24.3 Å². The van der Waals surface area contributed by atoms with Gasteiger partial charge in [0.25, 0.3) is 0 Å². The minimum absolute atomic E-state index is 0.0262. The molecule has 1 aromatic carbocycles. The quantitative estimate of drug-likeness (QED) is 0.586. The van der Waals surface area contributed by atoms with Gasteiger partial charge < -0.3 is 14.8 Å². The third-order valence-electron chi connectivity index (χ3n) is 5.16. The molecule has 1 aromatic rings. The first kappa shape index (κ1) is 26.8. The number of esters is 1. The monoisotopic (exact) mass is 445 g/mol. The number of amides is 1. The van der Waals surface area contributed by atoms with Crippen LogP contribution < -0.4 is 10.1 Å². The Morgan fingerprint density at radius 2 is 1.61 bits per heavy atom. The van der Waals surface area contributed by atoms with Gasteiger partial charge >= 0.3 is 12.1 Å². The van der Waals surface area contributed by atoms with E-state index in [2.05, 4.69) is 5.32 Å². The first-order valence-corrected chi connectivity index (χ1v) is 10.8. The van der Waals surface area contributed by atoms with Gasteiger partial charge in [-0.3, -0.25) is 4.79 Å². The Morgan fingerprint density at radius 3 is 2.10 bits per heavy atom. The summed E-state index contributed by atoms with van der Waals surface area (Å²) >= 11 is 0. The van der Waals surface area contributed by atoms with E-state index in [4.69, 9.17) is 9.47 Å². The zero-order valence-corrected chi connectivity index (χ0v) is 19.1. The van der Waals surface area contributed by atoms with Gasteiger partial charge in [-0.15, -0.1) is 0 Å². The summed E-state index contributed by atoms with van der Waals surface area (Å²) < 4.78 is 47.1. The zero-order valence-electron chi connectivity index (χ0n) is 19.1. The van der Waals surface area contributed by atoms with Crippen LogP contribution in [0.1, 0.15) is 69.6 Å². The van der Waals surface area contributed by atoms with Crippen LogP contribution in [0.5, 0.6) is 5.75 Å². The number of halogens is 3. The molecule has 1 saturated carbocycles. The van der Waals surface area contributed by atoms with Gasteiger partial charge in [0, 0.05) is 0 Å². The SMILES string of the molecule is CC.CCOC(=O)C1(NC(=O)Cc2c(C)cc(OCC(F)(F)F)cc2C)CCCCC1. The molecule has 0 saturated heterocycles. The Balaban J connectivity index is 0.00000233. The molecule has 1 aliphatic carbocycles. The molecule has 1 fully saturated rings. The zero-order chi connectivity index (χ0) is 23.7. The fraction of sp³-hybridized carbons (Fsp3) is 0.652. The summed E-state index contributed by atoms with van der Waals surface area (Å²) in [5.74, 6) is -0.607. The molecule has 5 nitrogen and oxygen atoms in total. The molecular formula is C23H34F3NO4. The number of benzene rings is 1. The third-order valence-corrected chi connectivity index (χ3v) is 5.16. The van der Waals surface area contributed by atoms with Crippen molar-refractivity contribution in [3.63, 3.8) is 0 Å². The molecule has 1 amide bonds. The lowest BCUT2D eigenvalue weighted by atomic mass is 9.81. The molecular weight excluding hydrogens is 411 g/mol. The molecule has 2 rings (SSSR count). The Hall–Kier alpha value is -2.25. The van der Waals surface area contributed by atoms with Crippen LogP contribution in [0.4, 0.5) is 13.2 Å². The number of ether oxygens (including phenoxy) is 2. The maximum Gasteiger partial charge on any atom is 0.422 e. The normalized spacial score (nSPS) is 15.4. The average molecular weight is 446 g/mol. The van der Waals surface area contributed by atoms with Crippen LogP contribution in [-0.4, -0.2) is 36.8 Å². The minimum atomic E-state index is -4.41. The molecule has 8 heteroatoms. The first-order chi connectivity index (χ1) is 14.6. The van der Waals surface area contributed by atoms with E-state index in [1.165, 1.54) is 12.1 Å². The van der Waals surface area contributed by atoms with Crippen molar-refractivity contribution in [3.05, 3.63) is 28.8 Å². The Morgan fingerprint density at radius 1 is 1.06 bits per heavy atom. The van der Waals surface area contributed by atoms with Crippen molar-refractivity contribution in [2.75, 3.05) is 13.2 Å². The van der Waals surface area contributed by atoms with Crippen molar-refractivity contribution < 1.29 is 32.2 Å². The summed E-state index contributed by atoms with van der Waals surface area (Å²) in [5.41, 5.74) is 1.03.